The lowest BCUT2D eigenvalue weighted by Gasteiger charge is -2.28. The highest BCUT2D eigenvalue weighted by Gasteiger charge is 2.28. The van der Waals surface area contributed by atoms with Crippen molar-refractivity contribution in [3.8, 4) is 5.75 Å². The quantitative estimate of drug-likeness (QED) is 0.375. The van der Waals surface area contributed by atoms with Crippen molar-refractivity contribution in [3.63, 3.8) is 0 Å². The molecule has 0 atom stereocenters. The minimum atomic E-state index is -0.118. The van der Waals surface area contributed by atoms with Gasteiger partial charge >= 0.3 is 0 Å². The number of amides is 1. The van der Waals surface area contributed by atoms with Gasteiger partial charge < -0.3 is 20.6 Å². The fourth-order valence-corrected chi connectivity index (χ4v) is 2.71. The van der Waals surface area contributed by atoms with Crippen LogP contribution in [0.3, 0.4) is 0 Å². The van der Waals surface area contributed by atoms with E-state index in [0.717, 1.165) is 25.7 Å². The normalized spacial score (nSPS) is 16.0. The summed E-state index contributed by atoms with van der Waals surface area (Å²) in [6, 6.07) is 7.17. The topological polar surface area (TPSA) is 88.2 Å². The summed E-state index contributed by atoms with van der Waals surface area (Å²) in [4.78, 5) is 14.4. The van der Waals surface area contributed by atoms with Crippen LogP contribution >= 0.6 is 0 Å². The van der Waals surface area contributed by atoms with Crippen molar-refractivity contribution < 1.29 is 14.7 Å². The van der Waals surface area contributed by atoms with Gasteiger partial charge in [-0.15, -0.1) is 0 Å². The van der Waals surface area contributed by atoms with E-state index in [1.807, 2.05) is 0 Å². The molecule has 1 aromatic carbocycles. The van der Waals surface area contributed by atoms with Crippen LogP contribution in [0.2, 0.25) is 0 Å². The molecule has 0 radical (unpaired) electrons. The van der Waals surface area contributed by atoms with Crippen molar-refractivity contribution in [3.05, 3.63) is 29.8 Å². The third kappa shape index (κ3) is 3.65. The van der Waals surface area contributed by atoms with Gasteiger partial charge in [0.25, 0.3) is 5.91 Å². The van der Waals surface area contributed by atoms with Crippen LogP contribution in [0.1, 0.15) is 36.0 Å². The molecule has 1 saturated carbocycles. The van der Waals surface area contributed by atoms with E-state index in [4.69, 9.17) is 15.7 Å². The first-order chi connectivity index (χ1) is 10.2. The number of hydrogen-bond donors (Lipinski definition) is 2. The first-order valence-electron chi connectivity index (χ1n) is 7.07. The Balaban J connectivity index is 2.23. The predicted molar refractivity (Wildman–Crippen MR) is 79.7 cm³/mol. The molecule has 0 aromatic heterocycles. The lowest BCUT2D eigenvalue weighted by molar-refractivity contribution is 0.0712. The monoisotopic (exact) mass is 291 g/mol. The first-order valence-corrected chi connectivity index (χ1v) is 7.07. The molecule has 1 aliphatic carbocycles. The van der Waals surface area contributed by atoms with E-state index in [2.05, 4.69) is 5.16 Å². The number of hydrogen-bond acceptors (Lipinski definition) is 4. The molecule has 0 aliphatic heterocycles. The van der Waals surface area contributed by atoms with Crippen molar-refractivity contribution in [1.82, 2.24) is 4.90 Å². The molecule has 1 amide bonds. The number of ether oxygens (including phenoxy) is 1. The van der Waals surface area contributed by atoms with Crippen LogP contribution in [-0.2, 0) is 0 Å². The standard InChI is InChI=1S/C15H21N3O3/c1-21-13-8-4-5-11(9-13)15(19)18(10-14(16)17-20)12-6-2-3-7-12/h4-5,8-9,12,20H,2-3,6-7,10H2,1H3,(H2,16,17). The summed E-state index contributed by atoms with van der Waals surface area (Å²) in [5.41, 5.74) is 6.14. The number of methoxy groups -OCH3 is 1. The SMILES string of the molecule is COc1cccc(C(=O)N(CC(N)=NO)C2CCCC2)c1. The van der Waals surface area contributed by atoms with E-state index in [0.29, 0.717) is 11.3 Å². The molecule has 2 rings (SSSR count). The van der Waals surface area contributed by atoms with Gasteiger partial charge in [0, 0.05) is 11.6 Å². The summed E-state index contributed by atoms with van der Waals surface area (Å²) >= 11 is 0. The van der Waals surface area contributed by atoms with Crippen LogP contribution in [0.4, 0.5) is 0 Å². The Morgan fingerprint density at radius 3 is 2.81 bits per heavy atom. The maximum absolute atomic E-state index is 12.7. The number of benzene rings is 1. The fourth-order valence-electron chi connectivity index (χ4n) is 2.71. The highest BCUT2D eigenvalue weighted by Crippen LogP contribution is 2.25. The minimum Gasteiger partial charge on any atom is -0.497 e. The van der Waals surface area contributed by atoms with Crippen LogP contribution < -0.4 is 10.5 Å². The Morgan fingerprint density at radius 2 is 2.19 bits per heavy atom. The van der Waals surface area contributed by atoms with Crippen molar-refractivity contribution in [2.24, 2.45) is 10.9 Å². The highest BCUT2D eigenvalue weighted by molar-refractivity contribution is 5.97. The number of carbonyl (C=O) groups is 1. The number of amidine groups is 1. The van der Waals surface area contributed by atoms with Gasteiger partial charge in [-0.05, 0) is 31.0 Å². The van der Waals surface area contributed by atoms with E-state index in [-0.39, 0.29) is 24.3 Å². The number of carbonyl (C=O) groups excluding carboxylic acids is 1. The molecule has 1 aromatic rings. The Kier molecular flexibility index (Phi) is 5.03. The molecule has 1 aliphatic rings. The summed E-state index contributed by atoms with van der Waals surface area (Å²) in [6.07, 6.45) is 4.11. The van der Waals surface area contributed by atoms with Crippen molar-refractivity contribution in [2.45, 2.75) is 31.7 Å². The molecule has 1 fully saturated rings. The van der Waals surface area contributed by atoms with Gasteiger partial charge in [-0.3, -0.25) is 4.79 Å². The van der Waals surface area contributed by atoms with Crippen molar-refractivity contribution >= 4 is 11.7 Å². The Hall–Kier alpha value is -2.24. The second kappa shape index (κ2) is 6.97. The zero-order valence-corrected chi connectivity index (χ0v) is 12.2. The third-order valence-electron chi connectivity index (χ3n) is 3.80. The molecule has 0 spiro atoms. The average molecular weight is 291 g/mol. The molecule has 114 valence electrons. The summed E-state index contributed by atoms with van der Waals surface area (Å²) in [6.45, 7) is 0.136. The maximum Gasteiger partial charge on any atom is 0.254 e. The summed E-state index contributed by atoms with van der Waals surface area (Å²) in [7, 11) is 1.56. The van der Waals surface area contributed by atoms with Gasteiger partial charge in [0.05, 0.1) is 13.7 Å². The van der Waals surface area contributed by atoms with Gasteiger partial charge in [-0.25, -0.2) is 0 Å². The zero-order valence-electron chi connectivity index (χ0n) is 12.2. The van der Waals surface area contributed by atoms with Gasteiger partial charge in [0.15, 0.2) is 5.84 Å². The van der Waals surface area contributed by atoms with Crippen LogP contribution in [0.25, 0.3) is 0 Å². The zero-order chi connectivity index (χ0) is 15.2. The number of nitrogens with zero attached hydrogens (tertiary/aromatic N) is 2. The Morgan fingerprint density at radius 1 is 1.48 bits per heavy atom. The van der Waals surface area contributed by atoms with Crippen LogP contribution in [0, 0.1) is 0 Å². The Bertz CT molecular complexity index is 525. The van der Waals surface area contributed by atoms with E-state index in [1.165, 1.54) is 0 Å². The molecule has 6 heteroatoms. The van der Waals surface area contributed by atoms with Gasteiger partial charge in [0.2, 0.25) is 0 Å². The van der Waals surface area contributed by atoms with E-state index >= 15 is 0 Å². The molecule has 0 unspecified atom stereocenters. The fraction of sp³-hybridized carbons (Fsp3) is 0.467. The van der Waals surface area contributed by atoms with E-state index in [9.17, 15) is 4.79 Å². The molecule has 0 saturated heterocycles. The van der Waals surface area contributed by atoms with Gasteiger partial charge in [0.1, 0.15) is 5.75 Å². The molecule has 0 bridgehead atoms. The molecule has 21 heavy (non-hydrogen) atoms. The summed E-state index contributed by atoms with van der Waals surface area (Å²) in [5, 5.41) is 11.8. The van der Waals surface area contributed by atoms with Gasteiger partial charge in [-0.2, -0.15) is 0 Å². The van der Waals surface area contributed by atoms with E-state index < -0.39 is 0 Å². The van der Waals surface area contributed by atoms with Crippen LogP contribution in [0.15, 0.2) is 29.4 Å². The lowest BCUT2D eigenvalue weighted by atomic mass is 10.1. The van der Waals surface area contributed by atoms with Crippen LogP contribution in [0.5, 0.6) is 5.75 Å². The summed E-state index contributed by atoms with van der Waals surface area (Å²) < 4.78 is 5.15. The number of oxime groups is 1. The van der Waals surface area contributed by atoms with E-state index in [1.54, 1.807) is 36.3 Å². The molecule has 3 N–H and O–H groups in total. The first kappa shape index (κ1) is 15.2. The smallest absolute Gasteiger partial charge is 0.254 e. The molecule has 0 heterocycles. The van der Waals surface area contributed by atoms with Crippen molar-refractivity contribution in [1.29, 1.82) is 0 Å². The second-order valence-electron chi connectivity index (χ2n) is 5.19. The third-order valence-corrected chi connectivity index (χ3v) is 3.80. The number of rotatable bonds is 5. The van der Waals surface area contributed by atoms with Gasteiger partial charge in [-0.1, -0.05) is 24.1 Å². The Labute approximate surface area is 124 Å². The lowest BCUT2D eigenvalue weighted by Crippen LogP contribution is -2.44. The predicted octanol–water partition coefficient (Wildman–Crippen LogP) is 1.83. The molecular weight excluding hydrogens is 270 g/mol. The van der Waals surface area contributed by atoms with Crippen LogP contribution in [-0.4, -0.2) is 41.5 Å². The largest absolute Gasteiger partial charge is 0.497 e. The second-order valence-corrected chi connectivity index (χ2v) is 5.19. The molecular formula is C15H21N3O3. The number of nitrogens with two attached hydrogens (primary N) is 1. The average Bonchev–Trinajstić information content (AvgIpc) is 3.05. The maximum atomic E-state index is 12.7. The minimum absolute atomic E-state index is 0.0400. The highest BCUT2D eigenvalue weighted by atomic mass is 16.5. The molecule has 6 nitrogen and oxygen atoms in total. The summed E-state index contributed by atoms with van der Waals surface area (Å²) in [5.74, 6) is 0.557. The van der Waals surface area contributed by atoms with Crippen molar-refractivity contribution in [2.75, 3.05) is 13.7 Å².